The smallest absolute Gasteiger partial charge is 0.496 e. The maximum atomic E-state index is 12.3. The predicted molar refractivity (Wildman–Crippen MR) is 93.7 cm³/mol. The molecule has 0 saturated heterocycles. The summed E-state index contributed by atoms with van der Waals surface area (Å²) in [5, 5.41) is 3.48. The molecule has 5 nitrogen and oxygen atoms in total. The van der Waals surface area contributed by atoms with Crippen molar-refractivity contribution in [2.75, 3.05) is 12.4 Å². The molecule has 1 aromatic carbocycles. The fourth-order valence-electron chi connectivity index (χ4n) is 2.35. The summed E-state index contributed by atoms with van der Waals surface area (Å²) >= 11 is 6.22. The summed E-state index contributed by atoms with van der Waals surface area (Å²) in [7, 11) is 1.33. The average Bonchev–Trinajstić information content (AvgIpc) is 2.59. The first kappa shape index (κ1) is 20.1. The lowest BCUT2D eigenvalue weighted by Crippen LogP contribution is -2.17. The van der Waals surface area contributed by atoms with Gasteiger partial charge < -0.3 is 14.8 Å². The normalized spacial score (nSPS) is 11.5. The molecule has 1 N–H and O–H groups in total. The van der Waals surface area contributed by atoms with E-state index >= 15 is 0 Å². The number of hydrogen-bond acceptors (Lipinski definition) is 5. The number of halogens is 4. The van der Waals surface area contributed by atoms with Crippen LogP contribution in [0.1, 0.15) is 26.7 Å². The molecule has 0 aliphatic heterocycles. The first-order valence-electron chi connectivity index (χ1n) is 8.00. The minimum atomic E-state index is -4.78. The van der Waals surface area contributed by atoms with Gasteiger partial charge in [0.15, 0.2) is 11.0 Å². The zero-order valence-electron chi connectivity index (χ0n) is 14.5. The van der Waals surface area contributed by atoms with Gasteiger partial charge in [0, 0.05) is 12.1 Å². The van der Waals surface area contributed by atoms with Gasteiger partial charge in [0.05, 0.1) is 24.6 Å². The predicted octanol–water partition coefficient (Wildman–Crippen LogP) is 5.30. The van der Waals surface area contributed by atoms with Crippen LogP contribution in [0.2, 0.25) is 5.15 Å². The Labute approximate surface area is 154 Å². The van der Waals surface area contributed by atoms with Crippen LogP contribution < -0.4 is 14.8 Å². The van der Waals surface area contributed by atoms with E-state index in [9.17, 15) is 13.2 Å². The molecule has 0 saturated carbocycles. The van der Waals surface area contributed by atoms with E-state index in [4.69, 9.17) is 16.3 Å². The molecule has 0 aliphatic rings. The zero-order valence-corrected chi connectivity index (χ0v) is 15.3. The van der Waals surface area contributed by atoms with Gasteiger partial charge in [-0.1, -0.05) is 25.4 Å². The number of aromatic nitrogens is 2. The third kappa shape index (κ3) is 5.14. The lowest BCUT2D eigenvalue weighted by molar-refractivity contribution is -0.274. The van der Waals surface area contributed by atoms with Crippen LogP contribution in [0.3, 0.4) is 0 Å². The second-order valence-corrected chi connectivity index (χ2v) is 5.82. The zero-order chi connectivity index (χ0) is 19.3. The topological polar surface area (TPSA) is 56.3 Å². The van der Waals surface area contributed by atoms with Crippen molar-refractivity contribution in [2.45, 2.75) is 39.1 Å². The van der Waals surface area contributed by atoms with Crippen molar-refractivity contribution in [1.29, 1.82) is 0 Å². The fraction of sp³-hybridized carbons (Fsp3) is 0.412. The van der Waals surface area contributed by atoms with Gasteiger partial charge in [0.1, 0.15) is 11.5 Å². The molecule has 0 radical (unpaired) electrons. The Bertz CT molecular complexity index is 753. The Balaban J connectivity index is 2.31. The summed E-state index contributed by atoms with van der Waals surface area (Å²) in [5.74, 6) is -0.0137. The maximum Gasteiger partial charge on any atom is 0.573 e. The summed E-state index contributed by atoms with van der Waals surface area (Å²) < 4.78 is 46.1. The van der Waals surface area contributed by atoms with Crippen molar-refractivity contribution in [3.05, 3.63) is 29.5 Å². The van der Waals surface area contributed by atoms with Crippen molar-refractivity contribution < 1.29 is 22.6 Å². The first-order valence-corrected chi connectivity index (χ1v) is 8.38. The number of methoxy groups -OCH3 is 1. The summed E-state index contributed by atoms with van der Waals surface area (Å²) in [6.45, 7) is 4.11. The van der Waals surface area contributed by atoms with Gasteiger partial charge in [0.2, 0.25) is 0 Å². The number of hydrogen-bond donors (Lipinski definition) is 1. The number of ether oxygens (including phenoxy) is 2. The standard InChI is InChI=1S/C17H19ClF3N3O2/c1-4-10(5-2)23-13-9-22-16(24-15(13)18)12-7-6-11(8-14(12)25-3)26-17(19,20)21/h6-10,23H,4-5H2,1-3H3. The van der Waals surface area contributed by atoms with Gasteiger partial charge in [-0.25, -0.2) is 9.97 Å². The van der Waals surface area contributed by atoms with Crippen molar-refractivity contribution in [3.8, 4) is 22.9 Å². The molecule has 26 heavy (non-hydrogen) atoms. The van der Waals surface area contributed by atoms with Gasteiger partial charge in [-0.05, 0) is 25.0 Å². The highest BCUT2D eigenvalue weighted by atomic mass is 35.5. The molecule has 142 valence electrons. The van der Waals surface area contributed by atoms with E-state index in [1.807, 2.05) is 0 Å². The van der Waals surface area contributed by atoms with Gasteiger partial charge >= 0.3 is 6.36 Å². The van der Waals surface area contributed by atoms with E-state index in [0.717, 1.165) is 18.9 Å². The van der Waals surface area contributed by atoms with E-state index in [-0.39, 0.29) is 22.8 Å². The highest BCUT2D eigenvalue weighted by Gasteiger charge is 2.31. The second kappa shape index (κ2) is 8.44. The number of benzene rings is 1. The molecule has 1 aromatic heterocycles. The number of nitrogens with zero attached hydrogens (tertiary/aromatic N) is 2. The summed E-state index contributed by atoms with van der Waals surface area (Å²) in [5.41, 5.74) is 0.998. The van der Waals surface area contributed by atoms with Gasteiger partial charge in [0.25, 0.3) is 0 Å². The largest absolute Gasteiger partial charge is 0.573 e. The fourth-order valence-corrected chi connectivity index (χ4v) is 2.54. The molecule has 9 heteroatoms. The van der Waals surface area contributed by atoms with Crippen molar-refractivity contribution in [3.63, 3.8) is 0 Å². The van der Waals surface area contributed by atoms with E-state index in [1.165, 1.54) is 19.2 Å². The number of rotatable bonds is 7. The van der Waals surface area contributed by atoms with Crippen LogP contribution in [0, 0.1) is 0 Å². The molecular weight excluding hydrogens is 371 g/mol. The quantitative estimate of drug-likeness (QED) is 0.651. The summed E-state index contributed by atoms with van der Waals surface area (Å²) in [4.78, 5) is 8.47. The van der Waals surface area contributed by atoms with Crippen molar-refractivity contribution in [1.82, 2.24) is 9.97 Å². The van der Waals surface area contributed by atoms with Crippen LogP contribution in [0.25, 0.3) is 11.4 Å². The van der Waals surface area contributed by atoms with Crippen molar-refractivity contribution >= 4 is 17.3 Å². The first-order chi connectivity index (χ1) is 12.3. The average molecular weight is 390 g/mol. The van der Waals surface area contributed by atoms with Crippen molar-refractivity contribution in [2.24, 2.45) is 0 Å². The van der Waals surface area contributed by atoms with E-state index in [0.29, 0.717) is 11.3 Å². The molecule has 1 heterocycles. The minimum Gasteiger partial charge on any atom is -0.496 e. The van der Waals surface area contributed by atoms with Crippen LogP contribution in [-0.2, 0) is 0 Å². The van der Waals surface area contributed by atoms with Crippen LogP contribution in [0.15, 0.2) is 24.4 Å². The molecule has 2 aromatic rings. The molecule has 0 amide bonds. The number of nitrogens with one attached hydrogen (secondary N) is 1. The molecule has 0 aliphatic carbocycles. The molecule has 0 atom stereocenters. The Kier molecular flexibility index (Phi) is 6.52. The summed E-state index contributed by atoms with van der Waals surface area (Å²) in [6.07, 6.45) is -1.40. The third-order valence-corrected chi connectivity index (χ3v) is 4.02. The molecule has 0 bridgehead atoms. The third-order valence-electron chi connectivity index (χ3n) is 3.73. The molecule has 0 spiro atoms. The Morgan fingerprint density at radius 1 is 1.23 bits per heavy atom. The van der Waals surface area contributed by atoms with Gasteiger partial charge in [-0.15, -0.1) is 13.2 Å². The molecule has 0 fully saturated rings. The molecule has 2 rings (SSSR count). The number of alkyl halides is 3. The maximum absolute atomic E-state index is 12.3. The Morgan fingerprint density at radius 3 is 2.46 bits per heavy atom. The van der Waals surface area contributed by atoms with Crippen LogP contribution in [0.4, 0.5) is 18.9 Å². The van der Waals surface area contributed by atoms with E-state index in [2.05, 4.69) is 33.9 Å². The lowest BCUT2D eigenvalue weighted by Gasteiger charge is -2.17. The van der Waals surface area contributed by atoms with E-state index < -0.39 is 12.1 Å². The Morgan fingerprint density at radius 2 is 1.92 bits per heavy atom. The van der Waals surface area contributed by atoms with Crippen LogP contribution in [-0.4, -0.2) is 29.5 Å². The van der Waals surface area contributed by atoms with E-state index in [1.54, 1.807) is 6.20 Å². The highest BCUT2D eigenvalue weighted by Crippen LogP contribution is 2.34. The van der Waals surface area contributed by atoms with Crippen LogP contribution >= 0.6 is 11.6 Å². The highest BCUT2D eigenvalue weighted by molar-refractivity contribution is 6.32. The van der Waals surface area contributed by atoms with Gasteiger partial charge in [-0.3, -0.25) is 0 Å². The van der Waals surface area contributed by atoms with Gasteiger partial charge in [-0.2, -0.15) is 0 Å². The minimum absolute atomic E-state index is 0.142. The lowest BCUT2D eigenvalue weighted by atomic mass is 10.1. The summed E-state index contributed by atoms with van der Waals surface area (Å²) in [6, 6.07) is 3.92. The molecule has 0 unspecified atom stereocenters. The Hall–Kier alpha value is -2.22. The number of anilines is 1. The second-order valence-electron chi connectivity index (χ2n) is 5.47. The molecular formula is C17H19ClF3N3O2. The van der Waals surface area contributed by atoms with Crippen LogP contribution in [0.5, 0.6) is 11.5 Å². The monoisotopic (exact) mass is 389 g/mol. The SMILES string of the molecule is CCC(CC)Nc1cnc(-c2ccc(OC(F)(F)F)cc2OC)nc1Cl.